The summed E-state index contributed by atoms with van der Waals surface area (Å²) in [6.07, 6.45) is 1.30. The maximum atomic E-state index is 13.3. The molecule has 0 aromatic heterocycles. The maximum absolute atomic E-state index is 13.3. The van der Waals surface area contributed by atoms with Crippen LogP contribution in [0.1, 0.15) is 37.3 Å². The third kappa shape index (κ3) is 7.50. The van der Waals surface area contributed by atoms with Gasteiger partial charge in [0.2, 0.25) is 15.9 Å². The molecule has 1 heterocycles. The number of hydrogen-bond acceptors (Lipinski definition) is 4. The van der Waals surface area contributed by atoms with Crippen molar-refractivity contribution < 1.29 is 17.6 Å². The van der Waals surface area contributed by atoms with Crippen LogP contribution in [0.2, 0.25) is 5.02 Å². The highest BCUT2D eigenvalue weighted by atomic mass is 35.5. The Morgan fingerprint density at radius 3 is 2.33 bits per heavy atom. The molecule has 1 saturated heterocycles. The van der Waals surface area contributed by atoms with E-state index >= 15 is 0 Å². The zero-order chi connectivity index (χ0) is 24.2. The average molecular weight is 496 g/mol. The lowest BCUT2D eigenvalue weighted by molar-refractivity contribution is -0.137. The van der Waals surface area contributed by atoms with E-state index in [1.165, 1.54) is 12.1 Å². The van der Waals surface area contributed by atoms with Crippen molar-refractivity contribution in [2.24, 2.45) is 0 Å². The van der Waals surface area contributed by atoms with Crippen LogP contribution in [0.5, 0.6) is 0 Å². The van der Waals surface area contributed by atoms with E-state index in [9.17, 15) is 17.6 Å². The number of piperazine rings is 1. The number of nitrogens with one attached hydrogen (secondary N) is 1. The third-order valence-electron chi connectivity index (χ3n) is 6.09. The molecule has 2 aromatic carbocycles. The first-order chi connectivity index (χ1) is 15.5. The van der Waals surface area contributed by atoms with Gasteiger partial charge in [-0.05, 0) is 49.2 Å². The van der Waals surface area contributed by atoms with E-state index in [1.807, 2.05) is 24.0 Å². The Morgan fingerprint density at radius 2 is 1.73 bits per heavy atom. The van der Waals surface area contributed by atoms with Crippen molar-refractivity contribution in [3.63, 3.8) is 0 Å². The van der Waals surface area contributed by atoms with Crippen molar-refractivity contribution in [2.75, 3.05) is 25.9 Å². The van der Waals surface area contributed by atoms with Crippen LogP contribution in [-0.4, -0.2) is 62.1 Å². The fraction of sp³-hybridized carbons (Fsp3) is 0.458. The quantitative estimate of drug-likeness (QED) is 0.607. The zero-order valence-electron chi connectivity index (χ0n) is 19.2. The first-order valence-electron chi connectivity index (χ1n) is 11.0. The smallest absolute Gasteiger partial charge is 0.223 e. The second-order valence-electron chi connectivity index (χ2n) is 8.87. The van der Waals surface area contributed by atoms with Crippen molar-refractivity contribution in [1.29, 1.82) is 0 Å². The molecule has 1 aliphatic heterocycles. The van der Waals surface area contributed by atoms with Crippen LogP contribution in [0.15, 0.2) is 48.5 Å². The van der Waals surface area contributed by atoms with E-state index in [-0.39, 0.29) is 42.7 Å². The molecule has 0 aliphatic carbocycles. The van der Waals surface area contributed by atoms with E-state index < -0.39 is 10.0 Å². The minimum Gasteiger partial charge on any atom is -0.337 e. The molecular weight excluding hydrogens is 465 g/mol. The molecule has 0 saturated carbocycles. The summed E-state index contributed by atoms with van der Waals surface area (Å²) in [6.45, 7) is 6.22. The molecular formula is C24H31ClFN3O3S. The van der Waals surface area contributed by atoms with Gasteiger partial charge in [-0.25, -0.2) is 17.5 Å². The average Bonchev–Trinajstić information content (AvgIpc) is 2.75. The Labute approximate surface area is 200 Å². The van der Waals surface area contributed by atoms with Gasteiger partial charge in [0.25, 0.3) is 0 Å². The molecule has 0 spiro atoms. The molecule has 3 rings (SSSR count). The number of benzene rings is 2. The Kier molecular flexibility index (Phi) is 8.50. The van der Waals surface area contributed by atoms with Gasteiger partial charge in [-0.1, -0.05) is 35.9 Å². The SMILES string of the molecule is CC1CN(C(=O)CC(CNS(C)(=O)=O)c2ccc(Cl)cc2)C(C)CN1Cc1ccc(F)cc1. The monoisotopic (exact) mass is 495 g/mol. The first-order valence-corrected chi connectivity index (χ1v) is 13.3. The van der Waals surface area contributed by atoms with Gasteiger partial charge in [-0.15, -0.1) is 0 Å². The van der Waals surface area contributed by atoms with Crippen LogP contribution in [-0.2, 0) is 21.4 Å². The number of hydrogen-bond donors (Lipinski definition) is 1. The Bertz CT molecular complexity index is 1050. The van der Waals surface area contributed by atoms with Crippen LogP contribution >= 0.6 is 11.6 Å². The molecule has 6 nitrogen and oxygen atoms in total. The van der Waals surface area contributed by atoms with Gasteiger partial charge in [0.15, 0.2) is 0 Å². The molecule has 0 bridgehead atoms. The van der Waals surface area contributed by atoms with E-state index in [4.69, 9.17) is 11.6 Å². The van der Waals surface area contributed by atoms with E-state index in [0.29, 0.717) is 24.7 Å². The molecule has 1 fully saturated rings. The maximum Gasteiger partial charge on any atom is 0.223 e. The van der Waals surface area contributed by atoms with E-state index in [2.05, 4.69) is 16.5 Å². The molecule has 3 unspecified atom stereocenters. The molecule has 9 heteroatoms. The first kappa shape index (κ1) is 25.6. The normalized spacial score (nSPS) is 20.6. The Hall–Kier alpha value is -2.00. The Balaban J connectivity index is 1.67. The summed E-state index contributed by atoms with van der Waals surface area (Å²) in [5.41, 5.74) is 1.89. The number of amides is 1. The van der Waals surface area contributed by atoms with Gasteiger partial charge in [0.05, 0.1) is 6.26 Å². The standard InChI is InChI=1S/C24H31ClFN3O3S/c1-17-15-29(18(2)14-28(17)16-19-4-10-23(26)11-5-19)24(30)12-21(13-27-33(3,31)32)20-6-8-22(25)9-7-20/h4-11,17-18,21,27H,12-16H2,1-3H3. The van der Waals surface area contributed by atoms with Gasteiger partial charge in [0, 0.05) is 55.6 Å². The van der Waals surface area contributed by atoms with Gasteiger partial charge < -0.3 is 4.90 Å². The van der Waals surface area contributed by atoms with Crippen molar-refractivity contribution in [3.8, 4) is 0 Å². The highest BCUT2D eigenvalue weighted by molar-refractivity contribution is 7.88. The highest BCUT2D eigenvalue weighted by Gasteiger charge is 2.33. The van der Waals surface area contributed by atoms with E-state index in [0.717, 1.165) is 17.4 Å². The van der Waals surface area contributed by atoms with Crippen LogP contribution in [0.25, 0.3) is 0 Å². The van der Waals surface area contributed by atoms with Crippen LogP contribution < -0.4 is 4.72 Å². The summed E-state index contributed by atoms with van der Waals surface area (Å²) >= 11 is 6.00. The highest BCUT2D eigenvalue weighted by Crippen LogP contribution is 2.25. The third-order valence-corrected chi connectivity index (χ3v) is 7.03. The lowest BCUT2D eigenvalue weighted by Crippen LogP contribution is -2.57. The van der Waals surface area contributed by atoms with Crippen molar-refractivity contribution in [1.82, 2.24) is 14.5 Å². The molecule has 3 atom stereocenters. The summed E-state index contributed by atoms with van der Waals surface area (Å²) in [5.74, 6) is -0.563. The Morgan fingerprint density at radius 1 is 1.09 bits per heavy atom. The zero-order valence-corrected chi connectivity index (χ0v) is 20.7. The van der Waals surface area contributed by atoms with Crippen LogP contribution in [0.3, 0.4) is 0 Å². The molecule has 0 radical (unpaired) electrons. The lowest BCUT2D eigenvalue weighted by atomic mass is 9.94. The molecule has 2 aromatic rings. The van der Waals surface area contributed by atoms with Crippen LogP contribution in [0.4, 0.5) is 4.39 Å². The van der Waals surface area contributed by atoms with E-state index in [1.54, 1.807) is 24.3 Å². The largest absolute Gasteiger partial charge is 0.337 e. The molecule has 33 heavy (non-hydrogen) atoms. The number of carbonyl (C=O) groups excluding carboxylic acids is 1. The van der Waals surface area contributed by atoms with Gasteiger partial charge >= 0.3 is 0 Å². The fourth-order valence-corrected chi connectivity index (χ4v) is 4.84. The van der Waals surface area contributed by atoms with Crippen molar-refractivity contribution in [3.05, 3.63) is 70.5 Å². The number of halogens is 2. The lowest BCUT2D eigenvalue weighted by Gasteiger charge is -2.44. The number of sulfonamides is 1. The molecule has 180 valence electrons. The summed E-state index contributed by atoms with van der Waals surface area (Å²) in [5, 5.41) is 0.583. The second kappa shape index (κ2) is 11.0. The van der Waals surface area contributed by atoms with Crippen molar-refractivity contribution in [2.45, 2.75) is 44.8 Å². The summed E-state index contributed by atoms with van der Waals surface area (Å²) in [7, 11) is -3.39. The summed E-state index contributed by atoms with van der Waals surface area (Å²) < 4.78 is 39.1. The van der Waals surface area contributed by atoms with Crippen LogP contribution in [0, 0.1) is 5.82 Å². The minimum absolute atomic E-state index is 0.00267. The predicted molar refractivity (Wildman–Crippen MR) is 129 cm³/mol. The molecule has 1 amide bonds. The minimum atomic E-state index is -3.39. The molecule has 1 aliphatic rings. The summed E-state index contributed by atoms with van der Waals surface area (Å²) in [4.78, 5) is 17.5. The van der Waals surface area contributed by atoms with Gasteiger partial charge in [-0.3, -0.25) is 9.69 Å². The second-order valence-corrected chi connectivity index (χ2v) is 11.1. The van der Waals surface area contributed by atoms with Gasteiger partial charge in [-0.2, -0.15) is 0 Å². The number of carbonyl (C=O) groups is 1. The topological polar surface area (TPSA) is 69.7 Å². The predicted octanol–water partition coefficient (Wildman–Crippen LogP) is 3.62. The van der Waals surface area contributed by atoms with Crippen molar-refractivity contribution >= 4 is 27.5 Å². The fourth-order valence-electron chi connectivity index (χ4n) is 4.21. The molecule has 1 N–H and O–H groups in total. The number of rotatable bonds is 8. The van der Waals surface area contributed by atoms with Gasteiger partial charge in [0.1, 0.15) is 5.82 Å². The summed E-state index contributed by atoms with van der Waals surface area (Å²) in [6, 6.07) is 13.8. The number of nitrogens with zero attached hydrogens (tertiary/aromatic N) is 2.